The van der Waals surface area contributed by atoms with Gasteiger partial charge in [-0.2, -0.15) is 0 Å². The van der Waals surface area contributed by atoms with E-state index in [1.165, 1.54) is 29.8 Å². The lowest BCUT2D eigenvalue weighted by atomic mass is 10.1. The van der Waals surface area contributed by atoms with Crippen LogP contribution in [-0.4, -0.2) is 29.1 Å². The van der Waals surface area contributed by atoms with Crippen LogP contribution in [0.2, 0.25) is 0 Å². The van der Waals surface area contributed by atoms with Gasteiger partial charge in [-0.25, -0.2) is 9.78 Å². The first-order valence-corrected chi connectivity index (χ1v) is 9.62. The summed E-state index contributed by atoms with van der Waals surface area (Å²) in [6.45, 7) is 1.75. The summed E-state index contributed by atoms with van der Waals surface area (Å²) < 4.78 is 10.0. The zero-order valence-electron chi connectivity index (χ0n) is 14.3. The van der Waals surface area contributed by atoms with Crippen molar-refractivity contribution in [2.45, 2.75) is 6.92 Å². The van der Waals surface area contributed by atoms with Crippen molar-refractivity contribution in [2.24, 2.45) is 0 Å². The second-order valence-corrected chi connectivity index (χ2v) is 7.45. The average Bonchev–Trinajstić information content (AvgIpc) is 3.42. The number of nitrogens with zero attached hydrogens (tertiary/aromatic N) is 2. The Hall–Kier alpha value is -3.04. The number of thiophene rings is 2. The number of esters is 1. The minimum atomic E-state index is -0.499. The van der Waals surface area contributed by atoms with Gasteiger partial charge in [-0.15, -0.1) is 22.7 Å². The van der Waals surface area contributed by atoms with Crippen LogP contribution in [0.4, 0.5) is 5.69 Å². The summed E-state index contributed by atoms with van der Waals surface area (Å²) in [4.78, 5) is 30.6. The van der Waals surface area contributed by atoms with Crippen molar-refractivity contribution in [3.63, 3.8) is 0 Å². The minimum absolute atomic E-state index is 0.294. The third kappa shape index (κ3) is 3.11. The molecular formula is C18H13N3O4S2. The number of nitrogens with one attached hydrogen (secondary N) is 1. The van der Waals surface area contributed by atoms with Gasteiger partial charge in [-0.3, -0.25) is 4.79 Å². The van der Waals surface area contributed by atoms with Crippen LogP contribution < -0.4 is 5.32 Å². The number of hydrogen-bond acceptors (Lipinski definition) is 8. The number of carbonyl (C=O) groups is 2. The Labute approximate surface area is 161 Å². The standard InChI is InChI=1S/C18H13N3O4S2/c1-9-14-10(16(22)19-11-5-7-27-15(11)18(23)24-2)8-12(13-4-3-6-26-13)20-17(14)25-21-9/h3-8H,1-2H3,(H,19,22). The van der Waals surface area contributed by atoms with E-state index in [1.807, 2.05) is 17.5 Å². The van der Waals surface area contributed by atoms with Crippen LogP contribution in [0.1, 0.15) is 25.7 Å². The van der Waals surface area contributed by atoms with Crippen molar-refractivity contribution in [1.29, 1.82) is 0 Å². The summed E-state index contributed by atoms with van der Waals surface area (Å²) in [5, 5.41) is 10.9. The number of hydrogen-bond donors (Lipinski definition) is 1. The Balaban J connectivity index is 1.78. The number of methoxy groups -OCH3 is 1. The lowest BCUT2D eigenvalue weighted by Gasteiger charge is -2.08. The van der Waals surface area contributed by atoms with Crippen molar-refractivity contribution < 1.29 is 18.8 Å². The molecule has 9 heteroatoms. The van der Waals surface area contributed by atoms with Gasteiger partial charge in [0.25, 0.3) is 11.6 Å². The lowest BCUT2D eigenvalue weighted by Crippen LogP contribution is -2.15. The second-order valence-electron chi connectivity index (χ2n) is 5.59. The molecule has 0 aliphatic rings. The van der Waals surface area contributed by atoms with Gasteiger partial charge in [0.15, 0.2) is 0 Å². The second kappa shape index (κ2) is 6.93. The zero-order chi connectivity index (χ0) is 19.0. The van der Waals surface area contributed by atoms with E-state index in [0.29, 0.717) is 38.6 Å². The highest BCUT2D eigenvalue weighted by Gasteiger charge is 2.22. The Morgan fingerprint density at radius 2 is 2.07 bits per heavy atom. The van der Waals surface area contributed by atoms with Gasteiger partial charge in [-0.05, 0) is 35.9 Å². The first-order chi connectivity index (χ1) is 13.1. The zero-order valence-corrected chi connectivity index (χ0v) is 15.9. The maximum Gasteiger partial charge on any atom is 0.350 e. The quantitative estimate of drug-likeness (QED) is 0.513. The first-order valence-electron chi connectivity index (χ1n) is 7.86. The molecule has 1 N–H and O–H groups in total. The van der Waals surface area contributed by atoms with Crippen molar-refractivity contribution in [1.82, 2.24) is 10.1 Å². The molecule has 0 aliphatic carbocycles. The molecule has 0 saturated heterocycles. The molecule has 4 rings (SSSR count). The molecule has 0 unspecified atom stereocenters. The number of aryl methyl sites for hydroxylation is 1. The molecule has 7 nitrogen and oxygen atoms in total. The van der Waals surface area contributed by atoms with Crippen LogP contribution in [0.3, 0.4) is 0 Å². The molecule has 136 valence electrons. The summed E-state index contributed by atoms with van der Waals surface area (Å²) in [6.07, 6.45) is 0. The van der Waals surface area contributed by atoms with Gasteiger partial charge >= 0.3 is 5.97 Å². The predicted octanol–water partition coefficient (Wildman–Crippen LogP) is 4.36. The van der Waals surface area contributed by atoms with Crippen LogP contribution in [-0.2, 0) is 4.74 Å². The van der Waals surface area contributed by atoms with Crippen molar-refractivity contribution in [2.75, 3.05) is 12.4 Å². The number of pyridine rings is 1. The fraction of sp³-hybridized carbons (Fsp3) is 0.111. The normalized spacial score (nSPS) is 10.9. The Bertz CT molecular complexity index is 1150. The van der Waals surface area contributed by atoms with Crippen molar-refractivity contribution in [3.05, 3.63) is 51.2 Å². The van der Waals surface area contributed by atoms with Crippen LogP contribution in [0.15, 0.2) is 39.5 Å². The molecule has 0 radical (unpaired) electrons. The third-order valence-electron chi connectivity index (χ3n) is 3.92. The SMILES string of the molecule is COC(=O)c1sccc1NC(=O)c1cc(-c2cccs2)nc2onc(C)c12. The highest BCUT2D eigenvalue weighted by atomic mass is 32.1. The lowest BCUT2D eigenvalue weighted by molar-refractivity contribution is 0.0607. The first kappa shape index (κ1) is 17.4. The number of anilines is 1. The van der Waals surface area contributed by atoms with Crippen LogP contribution in [0.5, 0.6) is 0 Å². The molecule has 0 atom stereocenters. The highest BCUT2D eigenvalue weighted by molar-refractivity contribution is 7.13. The van der Waals surface area contributed by atoms with E-state index in [4.69, 9.17) is 9.26 Å². The average molecular weight is 399 g/mol. The van der Waals surface area contributed by atoms with E-state index in [-0.39, 0.29) is 5.91 Å². The topological polar surface area (TPSA) is 94.3 Å². The van der Waals surface area contributed by atoms with Gasteiger partial charge < -0.3 is 14.6 Å². The van der Waals surface area contributed by atoms with Gasteiger partial charge in [0.2, 0.25) is 0 Å². The van der Waals surface area contributed by atoms with Crippen molar-refractivity contribution in [3.8, 4) is 10.6 Å². The highest BCUT2D eigenvalue weighted by Crippen LogP contribution is 2.30. The smallest absolute Gasteiger partial charge is 0.350 e. The van der Waals surface area contributed by atoms with Gasteiger partial charge in [0.05, 0.1) is 40.0 Å². The van der Waals surface area contributed by atoms with E-state index in [2.05, 4.69) is 15.5 Å². The number of amides is 1. The van der Waals surface area contributed by atoms with E-state index in [9.17, 15) is 9.59 Å². The fourth-order valence-electron chi connectivity index (χ4n) is 2.67. The Morgan fingerprint density at radius 3 is 2.81 bits per heavy atom. The Kier molecular flexibility index (Phi) is 4.46. The molecule has 1 amide bonds. The molecule has 0 aliphatic heterocycles. The van der Waals surface area contributed by atoms with E-state index >= 15 is 0 Å². The molecule has 4 heterocycles. The van der Waals surface area contributed by atoms with Gasteiger partial charge in [-0.1, -0.05) is 11.2 Å². The third-order valence-corrected chi connectivity index (χ3v) is 5.71. The monoisotopic (exact) mass is 399 g/mol. The number of aromatic nitrogens is 2. The van der Waals surface area contributed by atoms with Crippen LogP contribution >= 0.6 is 22.7 Å². The predicted molar refractivity (Wildman–Crippen MR) is 103 cm³/mol. The molecule has 0 fully saturated rings. The molecule has 0 bridgehead atoms. The molecule has 27 heavy (non-hydrogen) atoms. The van der Waals surface area contributed by atoms with Gasteiger partial charge in [0, 0.05) is 0 Å². The summed E-state index contributed by atoms with van der Waals surface area (Å²) in [5.74, 6) is -0.879. The summed E-state index contributed by atoms with van der Waals surface area (Å²) in [6, 6.07) is 7.19. The van der Waals surface area contributed by atoms with Crippen LogP contribution in [0.25, 0.3) is 21.7 Å². The Morgan fingerprint density at radius 1 is 1.22 bits per heavy atom. The van der Waals surface area contributed by atoms with E-state index in [0.717, 1.165) is 4.88 Å². The molecule has 0 spiro atoms. The molecule has 0 aromatic carbocycles. The van der Waals surface area contributed by atoms with Crippen molar-refractivity contribution >= 4 is 51.3 Å². The maximum absolute atomic E-state index is 13.0. The van der Waals surface area contributed by atoms with E-state index < -0.39 is 5.97 Å². The molecular weight excluding hydrogens is 386 g/mol. The van der Waals surface area contributed by atoms with E-state index in [1.54, 1.807) is 24.4 Å². The number of rotatable bonds is 4. The van der Waals surface area contributed by atoms with Crippen LogP contribution in [0, 0.1) is 6.92 Å². The minimum Gasteiger partial charge on any atom is -0.465 e. The molecule has 0 saturated carbocycles. The number of fused-ring (bicyclic) bond motifs is 1. The number of carbonyl (C=O) groups excluding carboxylic acids is 2. The molecule has 4 aromatic heterocycles. The summed E-state index contributed by atoms with van der Waals surface area (Å²) in [5.41, 5.74) is 2.26. The summed E-state index contributed by atoms with van der Waals surface area (Å²) >= 11 is 2.71. The molecule has 4 aromatic rings. The maximum atomic E-state index is 13.0. The number of ether oxygens (including phenoxy) is 1. The summed E-state index contributed by atoms with van der Waals surface area (Å²) in [7, 11) is 1.30. The largest absolute Gasteiger partial charge is 0.465 e. The van der Waals surface area contributed by atoms with Gasteiger partial charge in [0.1, 0.15) is 4.88 Å². The fourth-order valence-corrected chi connectivity index (χ4v) is 4.12.